The summed E-state index contributed by atoms with van der Waals surface area (Å²) in [5.74, 6) is 3.19. The lowest BCUT2D eigenvalue weighted by Gasteiger charge is -2.28. The zero-order valence-electron chi connectivity index (χ0n) is 14.9. The Hall–Kier alpha value is -2.31. The summed E-state index contributed by atoms with van der Waals surface area (Å²) in [7, 11) is 0. The van der Waals surface area contributed by atoms with E-state index in [0.29, 0.717) is 5.02 Å². The fourth-order valence-electron chi connectivity index (χ4n) is 3.57. The van der Waals surface area contributed by atoms with Crippen LogP contribution in [-0.4, -0.2) is 44.4 Å². The minimum absolute atomic E-state index is 0.704. The van der Waals surface area contributed by atoms with E-state index in [1.54, 1.807) is 0 Å². The fraction of sp³-hybridized carbons (Fsp3) is 0.250. The SMILES string of the molecule is Cc1cccc(-c2nnn3c2nc(N2CCSCC2)c2cc(Cl)ccc23)c1. The molecule has 2 aromatic heterocycles. The summed E-state index contributed by atoms with van der Waals surface area (Å²) in [5, 5.41) is 10.6. The topological polar surface area (TPSA) is 46.3 Å². The lowest BCUT2D eigenvalue weighted by Crippen LogP contribution is -2.33. The molecule has 5 rings (SSSR count). The van der Waals surface area contributed by atoms with E-state index in [4.69, 9.17) is 16.6 Å². The number of thioether (sulfide) groups is 1. The van der Waals surface area contributed by atoms with Crippen LogP contribution >= 0.6 is 23.4 Å². The molecular formula is C20H18ClN5S. The van der Waals surface area contributed by atoms with Crippen molar-refractivity contribution in [3.63, 3.8) is 0 Å². The Morgan fingerprint density at radius 1 is 1.07 bits per heavy atom. The van der Waals surface area contributed by atoms with Gasteiger partial charge in [0, 0.05) is 40.6 Å². The highest BCUT2D eigenvalue weighted by Crippen LogP contribution is 2.32. The number of halogens is 1. The highest BCUT2D eigenvalue weighted by molar-refractivity contribution is 7.99. The number of benzene rings is 2. The maximum Gasteiger partial charge on any atom is 0.186 e. The van der Waals surface area contributed by atoms with Gasteiger partial charge in [0.05, 0.1) is 5.52 Å². The van der Waals surface area contributed by atoms with Crippen molar-refractivity contribution in [3.8, 4) is 11.3 Å². The largest absolute Gasteiger partial charge is 0.354 e. The number of nitrogens with zero attached hydrogens (tertiary/aromatic N) is 5. The van der Waals surface area contributed by atoms with Crippen LogP contribution in [0.15, 0.2) is 42.5 Å². The quantitative estimate of drug-likeness (QED) is 0.501. The van der Waals surface area contributed by atoms with Gasteiger partial charge in [-0.05, 0) is 31.2 Å². The van der Waals surface area contributed by atoms with Gasteiger partial charge in [-0.15, -0.1) is 5.10 Å². The van der Waals surface area contributed by atoms with Gasteiger partial charge >= 0.3 is 0 Å². The summed E-state index contributed by atoms with van der Waals surface area (Å²) < 4.78 is 1.82. The van der Waals surface area contributed by atoms with Crippen LogP contribution in [0.3, 0.4) is 0 Å². The van der Waals surface area contributed by atoms with Gasteiger partial charge in [-0.25, -0.2) is 4.98 Å². The monoisotopic (exact) mass is 395 g/mol. The van der Waals surface area contributed by atoms with Crippen LogP contribution in [0.4, 0.5) is 5.82 Å². The fourth-order valence-corrected chi connectivity index (χ4v) is 4.64. The summed E-state index contributed by atoms with van der Waals surface area (Å²) in [6.45, 7) is 4.05. The van der Waals surface area contributed by atoms with Crippen molar-refractivity contribution >= 4 is 45.7 Å². The average molecular weight is 396 g/mol. The minimum atomic E-state index is 0.704. The van der Waals surface area contributed by atoms with Crippen molar-refractivity contribution in [1.29, 1.82) is 0 Å². The zero-order chi connectivity index (χ0) is 18.4. The molecule has 2 aromatic carbocycles. The molecule has 7 heteroatoms. The molecular weight excluding hydrogens is 378 g/mol. The number of hydrogen-bond donors (Lipinski definition) is 0. The van der Waals surface area contributed by atoms with Gasteiger partial charge in [-0.1, -0.05) is 40.6 Å². The molecule has 1 saturated heterocycles. The normalized spacial score (nSPS) is 15.0. The molecule has 0 amide bonds. The van der Waals surface area contributed by atoms with E-state index in [-0.39, 0.29) is 0 Å². The maximum atomic E-state index is 6.30. The van der Waals surface area contributed by atoms with E-state index in [1.165, 1.54) is 5.56 Å². The van der Waals surface area contributed by atoms with Crippen molar-refractivity contribution in [2.45, 2.75) is 6.92 Å². The predicted molar refractivity (Wildman–Crippen MR) is 113 cm³/mol. The predicted octanol–water partition coefficient (Wildman–Crippen LogP) is 4.46. The second kappa shape index (κ2) is 6.69. The van der Waals surface area contributed by atoms with Crippen LogP contribution in [-0.2, 0) is 0 Å². The Balaban J connectivity index is 1.80. The van der Waals surface area contributed by atoms with Crippen molar-refractivity contribution in [2.24, 2.45) is 0 Å². The van der Waals surface area contributed by atoms with E-state index in [0.717, 1.165) is 58.2 Å². The molecule has 0 atom stereocenters. The first-order chi connectivity index (χ1) is 13.2. The van der Waals surface area contributed by atoms with Crippen LogP contribution in [0, 0.1) is 6.92 Å². The minimum Gasteiger partial charge on any atom is -0.354 e. The molecule has 0 unspecified atom stereocenters. The van der Waals surface area contributed by atoms with Gasteiger partial charge in [0.15, 0.2) is 5.65 Å². The number of hydrogen-bond acceptors (Lipinski definition) is 5. The van der Waals surface area contributed by atoms with Gasteiger partial charge in [0.2, 0.25) is 0 Å². The van der Waals surface area contributed by atoms with Crippen LogP contribution in [0.1, 0.15) is 5.56 Å². The van der Waals surface area contributed by atoms with E-state index in [1.807, 2.05) is 40.5 Å². The highest BCUT2D eigenvalue weighted by Gasteiger charge is 2.21. The summed E-state index contributed by atoms with van der Waals surface area (Å²) in [6.07, 6.45) is 0. The molecule has 5 nitrogen and oxygen atoms in total. The lowest BCUT2D eigenvalue weighted by atomic mass is 10.1. The van der Waals surface area contributed by atoms with Gasteiger partial charge < -0.3 is 4.90 Å². The number of aromatic nitrogens is 4. The molecule has 1 aliphatic rings. The first-order valence-electron chi connectivity index (χ1n) is 8.95. The van der Waals surface area contributed by atoms with Crippen molar-refractivity contribution in [3.05, 3.63) is 53.1 Å². The highest BCUT2D eigenvalue weighted by atomic mass is 35.5. The van der Waals surface area contributed by atoms with Crippen LogP contribution in [0.2, 0.25) is 5.02 Å². The lowest BCUT2D eigenvalue weighted by molar-refractivity contribution is 0.835. The molecule has 1 fully saturated rings. The Labute approximate surface area is 166 Å². The van der Waals surface area contributed by atoms with Gasteiger partial charge in [0.1, 0.15) is 11.5 Å². The smallest absolute Gasteiger partial charge is 0.186 e. The van der Waals surface area contributed by atoms with E-state index < -0.39 is 0 Å². The summed E-state index contributed by atoms with van der Waals surface area (Å²) in [5.41, 5.74) is 4.79. The maximum absolute atomic E-state index is 6.30. The van der Waals surface area contributed by atoms with Crippen LogP contribution in [0.5, 0.6) is 0 Å². The molecule has 0 aliphatic carbocycles. The number of fused-ring (bicyclic) bond motifs is 3. The first-order valence-corrected chi connectivity index (χ1v) is 10.5. The number of anilines is 1. The number of rotatable bonds is 2. The van der Waals surface area contributed by atoms with Crippen molar-refractivity contribution < 1.29 is 0 Å². The average Bonchev–Trinajstić information content (AvgIpc) is 3.12. The molecule has 3 heterocycles. The molecule has 136 valence electrons. The third kappa shape index (κ3) is 2.93. The molecule has 0 N–H and O–H groups in total. The van der Waals surface area contributed by atoms with Gasteiger partial charge in [-0.2, -0.15) is 16.3 Å². The molecule has 0 saturated carbocycles. The molecule has 4 aromatic rings. The van der Waals surface area contributed by atoms with Crippen molar-refractivity contribution in [1.82, 2.24) is 19.8 Å². The summed E-state index contributed by atoms with van der Waals surface area (Å²) in [4.78, 5) is 7.38. The molecule has 27 heavy (non-hydrogen) atoms. The second-order valence-corrected chi connectivity index (χ2v) is 8.40. The molecule has 0 radical (unpaired) electrons. The molecule has 0 spiro atoms. The van der Waals surface area contributed by atoms with Gasteiger partial charge in [0.25, 0.3) is 0 Å². The summed E-state index contributed by atoms with van der Waals surface area (Å²) >= 11 is 8.29. The Morgan fingerprint density at radius 3 is 2.74 bits per heavy atom. The molecule has 1 aliphatic heterocycles. The van der Waals surface area contributed by atoms with E-state index >= 15 is 0 Å². The number of aryl methyl sites for hydroxylation is 1. The van der Waals surface area contributed by atoms with E-state index in [2.05, 4.69) is 40.3 Å². The zero-order valence-corrected chi connectivity index (χ0v) is 16.5. The van der Waals surface area contributed by atoms with Crippen molar-refractivity contribution in [2.75, 3.05) is 29.5 Å². The Bertz CT molecular complexity index is 1150. The first kappa shape index (κ1) is 16.8. The third-order valence-corrected chi connectivity index (χ3v) is 6.07. The third-order valence-electron chi connectivity index (χ3n) is 4.89. The molecule has 0 bridgehead atoms. The van der Waals surface area contributed by atoms with Crippen LogP contribution in [0.25, 0.3) is 27.8 Å². The standard InChI is InChI=1S/C20H18ClN5S/c1-13-3-2-4-14(11-13)18-20-22-19(25-7-9-27-10-8-25)16-12-15(21)5-6-17(16)26(20)24-23-18/h2-6,11-12H,7-10H2,1H3. The van der Waals surface area contributed by atoms with E-state index in [9.17, 15) is 0 Å². The second-order valence-electron chi connectivity index (χ2n) is 6.74. The Kier molecular flexibility index (Phi) is 4.17. The summed E-state index contributed by atoms with van der Waals surface area (Å²) in [6, 6.07) is 14.2. The van der Waals surface area contributed by atoms with Crippen LogP contribution < -0.4 is 4.90 Å². The Morgan fingerprint density at radius 2 is 1.93 bits per heavy atom. The van der Waals surface area contributed by atoms with Gasteiger partial charge in [-0.3, -0.25) is 0 Å².